The van der Waals surface area contributed by atoms with E-state index in [1.54, 1.807) is 56.8 Å². The van der Waals surface area contributed by atoms with Crippen LogP contribution in [0.3, 0.4) is 0 Å². The van der Waals surface area contributed by atoms with Crippen LogP contribution in [0.1, 0.15) is 26.2 Å². The SMILES string of the molecule is CCCCC(=O)NC(=S)Nc1ccc(Oc2ccnc3cc(OC)c(OC)cc23)c(Cl)c1. The predicted octanol–water partition coefficient (Wildman–Crippen LogP) is 5.70. The third-order valence-corrected chi connectivity index (χ3v) is 5.13. The molecular formula is C23H24ClN3O4S. The van der Waals surface area contributed by atoms with Crippen molar-refractivity contribution in [2.45, 2.75) is 26.2 Å². The van der Waals surface area contributed by atoms with Gasteiger partial charge in [-0.15, -0.1) is 0 Å². The summed E-state index contributed by atoms with van der Waals surface area (Å²) in [7, 11) is 3.14. The van der Waals surface area contributed by atoms with Crippen LogP contribution in [0.2, 0.25) is 5.02 Å². The van der Waals surface area contributed by atoms with Gasteiger partial charge in [0.15, 0.2) is 16.6 Å². The number of benzene rings is 2. The first-order chi connectivity index (χ1) is 15.4. The highest BCUT2D eigenvalue weighted by Gasteiger charge is 2.13. The van der Waals surface area contributed by atoms with Crippen LogP contribution in [-0.2, 0) is 4.79 Å². The van der Waals surface area contributed by atoms with Crippen LogP contribution in [0, 0.1) is 0 Å². The first-order valence-electron chi connectivity index (χ1n) is 10.0. The van der Waals surface area contributed by atoms with E-state index in [-0.39, 0.29) is 11.0 Å². The summed E-state index contributed by atoms with van der Waals surface area (Å²) in [5, 5.41) is 6.96. The standard InChI is InChI=1S/C23H24ClN3O4S/c1-4-5-6-22(28)27-23(32)26-14-7-8-19(16(24)11-14)31-18-9-10-25-17-13-21(30-3)20(29-2)12-15(17)18/h7-13H,4-6H2,1-3H3,(H2,26,27,28,32). The predicted molar refractivity (Wildman–Crippen MR) is 130 cm³/mol. The van der Waals surface area contributed by atoms with E-state index in [0.29, 0.717) is 45.6 Å². The molecule has 2 N–H and O–H groups in total. The molecule has 0 saturated heterocycles. The molecule has 0 spiro atoms. The Morgan fingerprint density at radius 3 is 2.50 bits per heavy atom. The topological polar surface area (TPSA) is 81.7 Å². The molecule has 0 bridgehead atoms. The van der Waals surface area contributed by atoms with Crippen molar-refractivity contribution in [3.8, 4) is 23.0 Å². The van der Waals surface area contributed by atoms with E-state index in [1.165, 1.54) is 0 Å². The van der Waals surface area contributed by atoms with Crippen LogP contribution in [0.25, 0.3) is 10.9 Å². The molecule has 0 atom stereocenters. The number of fused-ring (bicyclic) bond motifs is 1. The third-order valence-electron chi connectivity index (χ3n) is 4.63. The number of thiocarbonyl (C=S) groups is 1. The molecule has 0 radical (unpaired) electrons. The second-order valence-electron chi connectivity index (χ2n) is 6.89. The fourth-order valence-electron chi connectivity index (χ4n) is 3.01. The maximum Gasteiger partial charge on any atom is 0.226 e. The van der Waals surface area contributed by atoms with E-state index in [1.807, 2.05) is 6.92 Å². The molecule has 2 aromatic carbocycles. The molecule has 3 rings (SSSR count). The Labute approximate surface area is 197 Å². The zero-order chi connectivity index (χ0) is 23.1. The minimum atomic E-state index is -0.118. The number of carbonyl (C=O) groups is 1. The molecule has 1 amide bonds. The largest absolute Gasteiger partial charge is 0.493 e. The van der Waals surface area contributed by atoms with Gasteiger partial charge in [-0.05, 0) is 49.0 Å². The van der Waals surface area contributed by atoms with E-state index < -0.39 is 0 Å². The van der Waals surface area contributed by atoms with Crippen molar-refractivity contribution in [1.82, 2.24) is 10.3 Å². The van der Waals surface area contributed by atoms with Gasteiger partial charge in [-0.1, -0.05) is 24.9 Å². The van der Waals surface area contributed by atoms with Gasteiger partial charge in [-0.2, -0.15) is 0 Å². The van der Waals surface area contributed by atoms with Crippen LogP contribution >= 0.6 is 23.8 Å². The number of rotatable bonds is 8. The quantitative estimate of drug-likeness (QED) is 0.406. The number of methoxy groups -OCH3 is 2. The van der Waals surface area contributed by atoms with Gasteiger partial charge in [0.25, 0.3) is 0 Å². The number of hydrogen-bond donors (Lipinski definition) is 2. The Morgan fingerprint density at radius 1 is 1.06 bits per heavy atom. The van der Waals surface area contributed by atoms with Gasteiger partial charge < -0.3 is 24.8 Å². The number of nitrogens with zero attached hydrogens (tertiary/aromatic N) is 1. The normalized spacial score (nSPS) is 10.5. The van der Waals surface area contributed by atoms with E-state index >= 15 is 0 Å². The summed E-state index contributed by atoms with van der Waals surface area (Å²) in [4.78, 5) is 16.2. The molecular weight excluding hydrogens is 450 g/mol. The molecule has 0 aliphatic carbocycles. The Bertz CT molecular complexity index is 1140. The second kappa shape index (κ2) is 11.0. The van der Waals surface area contributed by atoms with E-state index in [9.17, 15) is 4.79 Å². The summed E-state index contributed by atoms with van der Waals surface area (Å²) >= 11 is 11.6. The van der Waals surface area contributed by atoms with E-state index in [0.717, 1.165) is 18.2 Å². The molecule has 0 fully saturated rings. The number of carbonyl (C=O) groups excluding carboxylic acids is 1. The maximum absolute atomic E-state index is 11.8. The van der Waals surface area contributed by atoms with Crippen molar-refractivity contribution < 1.29 is 19.0 Å². The second-order valence-corrected chi connectivity index (χ2v) is 7.70. The fraction of sp³-hybridized carbons (Fsp3) is 0.261. The van der Waals surface area contributed by atoms with Gasteiger partial charge in [0.1, 0.15) is 11.5 Å². The summed E-state index contributed by atoms with van der Waals surface area (Å²) in [6, 6.07) is 10.5. The highest BCUT2D eigenvalue weighted by Crippen LogP contribution is 2.38. The van der Waals surface area contributed by atoms with Crippen LogP contribution < -0.4 is 24.8 Å². The van der Waals surface area contributed by atoms with Crippen LogP contribution in [0.5, 0.6) is 23.0 Å². The van der Waals surface area contributed by atoms with Crippen molar-refractivity contribution in [2.24, 2.45) is 0 Å². The number of unbranched alkanes of at least 4 members (excludes halogenated alkanes) is 1. The summed E-state index contributed by atoms with van der Waals surface area (Å²) in [5.41, 5.74) is 1.33. The first-order valence-corrected chi connectivity index (χ1v) is 10.8. The summed E-state index contributed by atoms with van der Waals surface area (Å²) in [6.07, 6.45) is 3.84. The lowest BCUT2D eigenvalue weighted by Crippen LogP contribution is -2.33. The minimum absolute atomic E-state index is 0.118. The van der Waals surface area contributed by atoms with Gasteiger partial charge in [-0.3, -0.25) is 9.78 Å². The Morgan fingerprint density at radius 2 is 1.81 bits per heavy atom. The fourth-order valence-corrected chi connectivity index (χ4v) is 3.46. The van der Waals surface area contributed by atoms with Gasteiger partial charge in [0.2, 0.25) is 5.91 Å². The van der Waals surface area contributed by atoms with Crippen LogP contribution in [0.4, 0.5) is 5.69 Å². The zero-order valence-electron chi connectivity index (χ0n) is 18.0. The number of hydrogen-bond acceptors (Lipinski definition) is 6. The molecule has 0 aliphatic heterocycles. The number of pyridine rings is 1. The van der Waals surface area contributed by atoms with Crippen molar-refractivity contribution >= 4 is 51.4 Å². The summed E-state index contributed by atoms with van der Waals surface area (Å²) in [5.74, 6) is 2.05. The number of aromatic nitrogens is 1. The third kappa shape index (κ3) is 5.77. The molecule has 7 nitrogen and oxygen atoms in total. The maximum atomic E-state index is 11.8. The van der Waals surface area contributed by atoms with Crippen LogP contribution in [0.15, 0.2) is 42.6 Å². The van der Waals surface area contributed by atoms with E-state index in [2.05, 4.69) is 15.6 Å². The number of nitrogens with one attached hydrogen (secondary N) is 2. The van der Waals surface area contributed by atoms with Crippen molar-refractivity contribution in [1.29, 1.82) is 0 Å². The van der Waals surface area contributed by atoms with Crippen molar-refractivity contribution in [3.63, 3.8) is 0 Å². The molecule has 1 aromatic heterocycles. The number of amides is 1. The summed E-state index contributed by atoms with van der Waals surface area (Å²) < 4.78 is 16.8. The monoisotopic (exact) mass is 473 g/mol. The molecule has 168 valence electrons. The molecule has 32 heavy (non-hydrogen) atoms. The number of anilines is 1. The molecule has 0 unspecified atom stereocenters. The van der Waals surface area contributed by atoms with Crippen molar-refractivity contribution in [2.75, 3.05) is 19.5 Å². The average Bonchev–Trinajstić information content (AvgIpc) is 2.78. The van der Waals surface area contributed by atoms with Gasteiger partial charge in [-0.25, -0.2) is 0 Å². The minimum Gasteiger partial charge on any atom is -0.493 e. The highest BCUT2D eigenvalue weighted by atomic mass is 35.5. The lowest BCUT2D eigenvalue weighted by molar-refractivity contribution is -0.119. The van der Waals surface area contributed by atoms with Crippen LogP contribution in [-0.4, -0.2) is 30.2 Å². The average molecular weight is 474 g/mol. The van der Waals surface area contributed by atoms with Gasteiger partial charge >= 0.3 is 0 Å². The Balaban J connectivity index is 1.77. The smallest absolute Gasteiger partial charge is 0.226 e. The number of ether oxygens (including phenoxy) is 3. The van der Waals surface area contributed by atoms with Crippen molar-refractivity contribution in [3.05, 3.63) is 47.6 Å². The molecule has 1 heterocycles. The molecule has 9 heteroatoms. The zero-order valence-corrected chi connectivity index (χ0v) is 19.6. The van der Waals surface area contributed by atoms with E-state index in [4.69, 9.17) is 38.0 Å². The first kappa shape index (κ1) is 23.6. The molecule has 0 saturated carbocycles. The van der Waals surface area contributed by atoms with Gasteiger partial charge in [0.05, 0.1) is 24.8 Å². The molecule has 0 aliphatic rings. The summed E-state index contributed by atoms with van der Waals surface area (Å²) in [6.45, 7) is 2.03. The molecule has 3 aromatic rings. The highest BCUT2D eigenvalue weighted by molar-refractivity contribution is 7.80. The van der Waals surface area contributed by atoms with Gasteiger partial charge in [0, 0.05) is 29.8 Å². The Kier molecular flexibility index (Phi) is 8.08. The lowest BCUT2D eigenvalue weighted by Gasteiger charge is -2.14. The Hall–Kier alpha value is -3.10. The number of halogens is 1. The lowest BCUT2D eigenvalue weighted by atomic mass is 10.2.